The normalized spacial score (nSPS) is 21.8. The van der Waals surface area contributed by atoms with E-state index in [0.717, 1.165) is 32.4 Å². The van der Waals surface area contributed by atoms with E-state index in [0.29, 0.717) is 23.6 Å². The summed E-state index contributed by atoms with van der Waals surface area (Å²) in [6, 6.07) is 2.61. The number of aliphatic hydroxyl groups excluding tert-OH is 1. The van der Waals surface area contributed by atoms with Crippen molar-refractivity contribution in [3.63, 3.8) is 0 Å². The predicted molar refractivity (Wildman–Crippen MR) is 92.8 cm³/mol. The molecule has 134 valence electrons. The van der Waals surface area contributed by atoms with Crippen LogP contribution >= 0.6 is 0 Å². The lowest BCUT2D eigenvalue weighted by Gasteiger charge is -2.37. The highest BCUT2D eigenvalue weighted by Crippen LogP contribution is 2.28. The van der Waals surface area contributed by atoms with Crippen LogP contribution in [0.1, 0.15) is 61.7 Å². The minimum Gasteiger partial charge on any atom is -0.472 e. The fourth-order valence-corrected chi connectivity index (χ4v) is 4.25. The van der Waals surface area contributed by atoms with Crippen LogP contribution in [0, 0.1) is 5.92 Å². The van der Waals surface area contributed by atoms with E-state index in [4.69, 9.17) is 4.42 Å². The highest BCUT2D eigenvalue weighted by Gasteiger charge is 2.29. The number of carbonyl (C=O) groups is 1. The summed E-state index contributed by atoms with van der Waals surface area (Å²) < 4.78 is 5.01. The van der Waals surface area contributed by atoms with Gasteiger partial charge in [-0.25, -0.2) is 0 Å². The number of hydrogen-bond donors (Lipinski definition) is 2. The topological polar surface area (TPSA) is 65.7 Å². The van der Waals surface area contributed by atoms with Gasteiger partial charge >= 0.3 is 0 Å². The fourth-order valence-electron chi connectivity index (χ4n) is 4.25. The zero-order valence-corrected chi connectivity index (χ0v) is 14.5. The Morgan fingerprint density at radius 1 is 1.25 bits per heavy atom. The first-order chi connectivity index (χ1) is 11.8. The molecular weight excluding hydrogens is 304 g/mol. The third-order valence-corrected chi connectivity index (χ3v) is 5.66. The number of furan rings is 1. The molecule has 2 heterocycles. The summed E-state index contributed by atoms with van der Waals surface area (Å²) in [5.41, 5.74) is 0.641. The lowest BCUT2D eigenvalue weighted by molar-refractivity contribution is 0.0693. The average Bonchev–Trinajstić information content (AvgIpc) is 3.17. The van der Waals surface area contributed by atoms with Crippen molar-refractivity contribution < 1.29 is 14.3 Å². The summed E-state index contributed by atoms with van der Waals surface area (Å²) in [7, 11) is 0. The van der Waals surface area contributed by atoms with Crippen LogP contribution in [-0.2, 0) is 0 Å². The molecule has 0 aromatic carbocycles. The van der Waals surface area contributed by atoms with Crippen LogP contribution in [0.5, 0.6) is 0 Å². The average molecular weight is 334 g/mol. The summed E-state index contributed by atoms with van der Waals surface area (Å²) in [4.78, 5) is 14.3. The minimum atomic E-state index is 0.0707. The summed E-state index contributed by atoms with van der Waals surface area (Å²) in [5.74, 6) is 0.776. The Bertz CT molecular complexity index is 489. The molecule has 1 amide bonds. The molecule has 1 saturated carbocycles. The van der Waals surface area contributed by atoms with Crippen LogP contribution in [0.2, 0.25) is 0 Å². The summed E-state index contributed by atoms with van der Waals surface area (Å²) in [6.07, 6.45) is 12.5. The molecule has 1 aliphatic heterocycles. The van der Waals surface area contributed by atoms with Crippen molar-refractivity contribution in [2.24, 2.45) is 5.92 Å². The molecule has 5 heteroatoms. The van der Waals surface area contributed by atoms with Gasteiger partial charge in [0, 0.05) is 31.8 Å². The fraction of sp³-hybridized carbons (Fsp3) is 0.737. The lowest BCUT2D eigenvalue weighted by Crippen LogP contribution is -2.50. The minimum absolute atomic E-state index is 0.0707. The van der Waals surface area contributed by atoms with Gasteiger partial charge in [-0.3, -0.25) is 4.79 Å². The van der Waals surface area contributed by atoms with Gasteiger partial charge in [0.1, 0.15) is 6.26 Å². The van der Waals surface area contributed by atoms with Gasteiger partial charge in [0.25, 0.3) is 5.91 Å². The van der Waals surface area contributed by atoms with E-state index in [2.05, 4.69) is 5.32 Å². The second kappa shape index (κ2) is 8.67. The molecule has 1 aliphatic carbocycles. The first kappa shape index (κ1) is 17.5. The Labute approximate surface area is 144 Å². The number of carbonyl (C=O) groups excluding carboxylic acids is 1. The van der Waals surface area contributed by atoms with Gasteiger partial charge in [0.15, 0.2) is 0 Å². The van der Waals surface area contributed by atoms with Gasteiger partial charge in [-0.1, -0.05) is 19.3 Å². The molecule has 0 bridgehead atoms. The van der Waals surface area contributed by atoms with Crippen LogP contribution < -0.4 is 5.32 Å². The highest BCUT2D eigenvalue weighted by molar-refractivity contribution is 5.93. The molecule has 0 radical (unpaired) electrons. The van der Waals surface area contributed by atoms with Crippen molar-refractivity contribution >= 4 is 5.91 Å². The number of hydrogen-bond acceptors (Lipinski definition) is 4. The molecule has 1 aromatic heterocycles. The molecule has 3 rings (SSSR count). The number of aliphatic hydroxyl groups is 1. The van der Waals surface area contributed by atoms with Crippen molar-refractivity contribution in [2.75, 3.05) is 19.7 Å². The Hall–Kier alpha value is -1.33. The molecule has 2 N–H and O–H groups in total. The largest absolute Gasteiger partial charge is 0.472 e. The maximum absolute atomic E-state index is 12.4. The van der Waals surface area contributed by atoms with Gasteiger partial charge in [-0.05, 0) is 44.1 Å². The zero-order chi connectivity index (χ0) is 16.8. The highest BCUT2D eigenvalue weighted by atomic mass is 16.3. The standard InChI is InChI=1S/C19H30N2O3/c22-12-8-18(15-4-2-1-3-5-15)20-17-6-10-21(11-7-17)19(23)16-9-13-24-14-16/h9,13-15,17-18,20,22H,1-8,10-12H2. The van der Waals surface area contributed by atoms with Crippen molar-refractivity contribution in [1.82, 2.24) is 10.2 Å². The SMILES string of the molecule is O=C(c1ccoc1)N1CCC(NC(CCO)C2CCCCC2)CC1. The number of piperidine rings is 1. The molecule has 1 unspecified atom stereocenters. The van der Waals surface area contributed by atoms with Crippen molar-refractivity contribution in [3.05, 3.63) is 24.2 Å². The summed E-state index contributed by atoms with van der Waals surface area (Å²) in [5, 5.41) is 13.2. The molecule has 5 nitrogen and oxygen atoms in total. The molecule has 24 heavy (non-hydrogen) atoms. The molecule has 1 aromatic rings. The maximum atomic E-state index is 12.4. The van der Waals surface area contributed by atoms with Gasteiger partial charge < -0.3 is 19.7 Å². The Morgan fingerprint density at radius 3 is 2.62 bits per heavy atom. The Morgan fingerprint density at radius 2 is 2.00 bits per heavy atom. The number of nitrogens with zero attached hydrogens (tertiary/aromatic N) is 1. The maximum Gasteiger partial charge on any atom is 0.257 e. The molecule has 0 spiro atoms. The van der Waals surface area contributed by atoms with E-state index in [9.17, 15) is 9.90 Å². The van der Waals surface area contributed by atoms with Gasteiger partial charge in [-0.15, -0.1) is 0 Å². The number of amides is 1. The van der Waals surface area contributed by atoms with Crippen LogP contribution in [0.15, 0.2) is 23.0 Å². The van der Waals surface area contributed by atoms with E-state index in [1.165, 1.54) is 38.4 Å². The Kier molecular flexibility index (Phi) is 6.32. The van der Waals surface area contributed by atoms with E-state index in [-0.39, 0.29) is 12.5 Å². The molecule has 2 fully saturated rings. The molecular formula is C19H30N2O3. The van der Waals surface area contributed by atoms with E-state index in [1.54, 1.807) is 12.3 Å². The molecule has 2 aliphatic rings. The zero-order valence-electron chi connectivity index (χ0n) is 14.5. The van der Waals surface area contributed by atoms with E-state index >= 15 is 0 Å². The van der Waals surface area contributed by atoms with Crippen LogP contribution in [0.25, 0.3) is 0 Å². The summed E-state index contributed by atoms with van der Waals surface area (Å²) >= 11 is 0. The lowest BCUT2D eigenvalue weighted by atomic mass is 9.82. The smallest absolute Gasteiger partial charge is 0.257 e. The molecule has 1 atom stereocenters. The van der Waals surface area contributed by atoms with Gasteiger partial charge in [0.05, 0.1) is 11.8 Å². The third kappa shape index (κ3) is 4.39. The van der Waals surface area contributed by atoms with Gasteiger partial charge in [0.2, 0.25) is 0 Å². The first-order valence-electron chi connectivity index (χ1n) is 9.46. The second-order valence-electron chi connectivity index (χ2n) is 7.26. The first-order valence-corrected chi connectivity index (χ1v) is 9.46. The van der Waals surface area contributed by atoms with Crippen LogP contribution in [0.4, 0.5) is 0 Å². The van der Waals surface area contributed by atoms with Crippen molar-refractivity contribution in [3.8, 4) is 0 Å². The molecule has 1 saturated heterocycles. The third-order valence-electron chi connectivity index (χ3n) is 5.66. The van der Waals surface area contributed by atoms with E-state index < -0.39 is 0 Å². The Balaban J connectivity index is 1.49. The predicted octanol–water partition coefficient (Wildman–Crippen LogP) is 2.81. The van der Waals surface area contributed by atoms with Crippen LogP contribution in [0.3, 0.4) is 0 Å². The quantitative estimate of drug-likeness (QED) is 0.839. The number of nitrogens with one attached hydrogen (secondary N) is 1. The monoisotopic (exact) mass is 334 g/mol. The van der Waals surface area contributed by atoms with Crippen molar-refractivity contribution in [2.45, 2.75) is 63.5 Å². The van der Waals surface area contributed by atoms with E-state index in [1.807, 2.05) is 4.90 Å². The van der Waals surface area contributed by atoms with Crippen LogP contribution in [-0.4, -0.2) is 47.7 Å². The summed E-state index contributed by atoms with van der Waals surface area (Å²) in [6.45, 7) is 1.84. The van der Waals surface area contributed by atoms with Crippen molar-refractivity contribution in [1.29, 1.82) is 0 Å². The number of likely N-dealkylation sites (tertiary alicyclic amines) is 1. The second-order valence-corrected chi connectivity index (χ2v) is 7.26. The number of rotatable bonds is 6. The van der Waals surface area contributed by atoms with Gasteiger partial charge in [-0.2, -0.15) is 0 Å².